The summed E-state index contributed by atoms with van der Waals surface area (Å²) in [6, 6.07) is 5.96. The zero-order valence-electron chi connectivity index (χ0n) is 7.28. The molecule has 0 bridgehead atoms. The Balaban J connectivity index is 2.53. The SMILES string of the molecule is [CH2]c1cc(C)cc(-c2nnn[nH]2)c1. The van der Waals surface area contributed by atoms with E-state index in [1.54, 1.807) is 0 Å². The number of hydrogen-bond acceptors (Lipinski definition) is 3. The maximum atomic E-state index is 3.87. The summed E-state index contributed by atoms with van der Waals surface area (Å²) in [7, 11) is 0. The van der Waals surface area contributed by atoms with Crippen molar-refractivity contribution >= 4 is 0 Å². The standard InChI is InChI=1S/C9H9N4/c1-6-3-7(2)5-8(4-6)9-10-12-13-11-9/h3-5H,1H2,2H3,(H,10,11,12,13). The van der Waals surface area contributed by atoms with Crippen LogP contribution in [0.15, 0.2) is 18.2 Å². The van der Waals surface area contributed by atoms with Crippen molar-refractivity contribution in [1.29, 1.82) is 0 Å². The van der Waals surface area contributed by atoms with Gasteiger partial charge in [0.2, 0.25) is 0 Å². The highest BCUT2D eigenvalue weighted by Crippen LogP contribution is 2.16. The van der Waals surface area contributed by atoms with Crippen LogP contribution in [0.5, 0.6) is 0 Å². The van der Waals surface area contributed by atoms with Crippen LogP contribution in [0.4, 0.5) is 0 Å². The maximum Gasteiger partial charge on any atom is 0.179 e. The van der Waals surface area contributed by atoms with Gasteiger partial charge in [-0.2, -0.15) is 0 Å². The van der Waals surface area contributed by atoms with Crippen molar-refractivity contribution in [2.75, 3.05) is 0 Å². The molecule has 0 amide bonds. The Morgan fingerprint density at radius 3 is 2.77 bits per heavy atom. The molecule has 0 aliphatic heterocycles. The lowest BCUT2D eigenvalue weighted by Gasteiger charge is -1.99. The van der Waals surface area contributed by atoms with Crippen molar-refractivity contribution in [1.82, 2.24) is 20.6 Å². The molecular weight excluding hydrogens is 164 g/mol. The Bertz CT molecular complexity index is 385. The molecule has 0 spiro atoms. The van der Waals surface area contributed by atoms with Crippen molar-refractivity contribution in [3.63, 3.8) is 0 Å². The zero-order chi connectivity index (χ0) is 9.26. The molecule has 1 radical (unpaired) electrons. The van der Waals surface area contributed by atoms with E-state index in [2.05, 4.69) is 27.5 Å². The molecule has 0 fully saturated rings. The summed E-state index contributed by atoms with van der Waals surface area (Å²) in [6.45, 7) is 5.89. The smallest absolute Gasteiger partial charge is 0.179 e. The fourth-order valence-electron chi connectivity index (χ4n) is 1.28. The van der Waals surface area contributed by atoms with E-state index in [1.807, 2.05) is 25.1 Å². The molecule has 0 saturated carbocycles. The Morgan fingerprint density at radius 2 is 2.15 bits per heavy atom. The fraction of sp³-hybridized carbons (Fsp3) is 0.111. The third kappa shape index (κ3) is 1.56. The number of tetrazole rings is 1. The summed E-state index contributed by atoms with van der Waals surface area (Å²) in [5, 5.41) is 13.6. The normalized spacial score (nSPS) is 10.3. The lowest BCUT2D eigenvalue weighted by atomic mass is 10.1. The zero-order valence-corrected chi connectivity index (χ0v) is 7.28. The topological polar surface area (TPSA) is 54.5 Å². The first kappa shape index (κ1) is 7.91. The second-order valence-corrected chi connectivity index (χ2v) is 2.96. The molecule has 4 heteroatoms. The van der Waals surface area contributed by atoms with Gasteiger partial charge in [0.05, 0.1) is 0 Å². The highest BCUT2D eigenvalue weighted by atomic mass is 15.5. The monoisotopic (exact) mass is 173 g/mol. The minimum absolute atomic E-state index is 0.675. The van der Waals surface area contributed by atoms with Crippen LogP contribution in [0.1, 0.15) is 11.1 Å². The van der Waals surface area contributed by atoms with Gasteiger partial charge in [0, 0.05) is 5.56 Å². The number of benzene rings is 1. The summed E-state index contributed by atoms with van der Waals surface area (Å²) in [5.74, 6) is 0.675. The summed E-state index contributed by atoms with van der Waals surface area (Å²) in [4.78, 5) is 0. The molecule has 1 heterocycles. The first-order valence-corrected chi connectivity index (χ1v) is 3.93. The van der Waals surface area contributed by atoms with Gasteiger partial charge < -0.3 is 0 Å². The predicted molar refractivity (Wildman–Crippen MR) is 48.8 cm³/mol. The van der Waals surface area contributed by atoms with Crippen molar-refractivity contribution in [2.24, 2.45) is 0 Å². The van der Waals surface area contributed by atoms with E-state index in [4.69, 9.17) is 0 Å². The van der Waals surface area contributed by atoms with Gasteiger partial charge >= 0.3 is 0 Å². The van der Waals surface area contributed by atoms with E-state index in [9.17, 15) is 0 Å². The quantitative estimate of drug-likeness (QED) is 0.708. The Labute approximate surface area is 76.0 Å². The van der Waals surface area contributed by atoms with Crippen LogP contribution in [-0.4, -0.2) is 20.6 Å². The molecular formula is C9H9N4. The lowest BCUT2D eigenvalue weighted by molar-refractivity contribution is 0.881. The first-order chi connectivity index (χ1) is 6.25. The molecule has 0 aliphatic carbocycles. The number of hydrogen-bond donors (Lipinski definition) is 1. The minimum Gasteiger partial charge on any atom is -0.239 e. The Morgan fingerprint density at radius 1 is 1.31 bits per heavy atom. The average Bonchev–Trinajstić information content (AvgIpc) is 2.53. The van der Waals surface area contributed by atoms with Crippen molar-refractivity contribution < 1.29 is 0 Å². The second-order valence-electron chi connectivity index (χ2n) is 2.96. The van der Waals surface area contributed by atoms with Crippen molar-refractivity contribution in [3.05, 3.63) is 36.2 Å². The van der Waals surface area contributed by atoms with E-state index in [-0.39, 0.29) is 0 Å². The molecule has 0 aliphatic rings. The molecule has 13 heavy (non-hydrogen) atoms. The predicted octanol–water partition coefficient (Wildman–Crippen LogP) is 1.36. The van der Waals surface area contributed by atoms with Crippen LogP contribution in [0, 0.1) is 13.8 Å². The van der Waals surface area contributed by atoms with Gasteiger partial charge in [-0.25, -0.2) is 5.10 Å². The molecule has 0 unspecified atom stereocenters. The second kappa shape index (κ2) is 2.97. The van der Waals surface area contributed by atoms with Gasteiger partial charge in [-0.3, -0.25) is 0 Å². The van der Waals surface area contributed by atoms with Gasteiger partial charge in [-0.1, -0.05) is 11.6 Å². The highest BCUT2D eigenvalue weighted by molar-refractivity contribution is 5.57. The van der Waals surface area contributed by atoms with Crippen LogP contribution in [0.25, 0.3) is 11.4 Å². The number of rotatable bonds is 1. The minimum atomic E-state index is 0.675. The van der Waals surface area contributed by atoms with Gasteiger partial charge in [0.15, 0.2) is 5.82 Å². The number of aromatic amines is 1. The van der Waals surface area contributed by atoms with Crippen molar-refractivity contribution in [3.8, 4) is 11.4 Å². The van der Waals surface area contributed by atoms with Crippen LogP contribution in [0.3, 0.4) is 0 Å². The summed E-state index contributed by atoms with van der Waals surface area (Å²) < 4.78 is 0. The largest absolute Gasteiger partial charge is 0.239 e. The van der Waals surface area contributed by atoms with E-state index in [0.29, 0.717) is 5.82 Å². The lowest BCUT2D eigenvalue weighted by Crippen LogP contribution is -1.84. The van der Waals surface area contributed by atoms with Gasteiger partial charge in [0.1, 0.15) is 0 Å². The number of nitrogens with zero attached hydrogens (tertiary/aromatic N) is 3. The van der Waals surface area contributed by atoms with Crippen LogP contribution >= 0.6 is 0 Å². The number of nitrogens with one attached hydrogen (secondary N) is 1. The Kier molecular flexibility index (Phi) is 1.81. The number of aryl methyl sites for hydroxylation is 1. The van der Waals surface area contributed by atoms with E-state index < -0.39 is 0 Å². The van der Waals surface area contributed by atoms with Gasteiger partial charge in [-0.05, 0) is 42.0 Å². The fourth-order valence-corrected chi connectivity index (χ4v) is 1.28. The first-order valence-electron chi connectivity index (χ1n) is 3.93. The molecule has 1 aromatic heterocycles. The van der Waals surface area contributed by atoms with E-state index in [1.165, 1.54) is 0 Å². The molecule has 2 rings (SSSR count). The highest BCUT2D eigenvalue weighted by Gasteiger charge is 2.02. The third-order valence-corrected chi connectivity index (χ3v) is 1.76. The maximum absolute atomic E-state index is 3.87. The van der Waals surface area contributed by atoms with E-state index in [0.717, 1.165) is 16.7 Å². The summed E-state index contributed by atoms with van der Waals surface area (Å²) in [5.41, 5.74) is 3.08. The van der Waals surface area contributed by atoms with Gasteiger partial charge in [0.25, 0.3) is 0 Å². The molecule has 4 nitrogen and oxygen atoms in total. The summed E-state index contributed by atoms with van der Waals surface area (Å²) in [6.07, 6.45) is 0. The molecule has 2 aromatic rings. The Hall–Kier alpha value is -1.71. The van der Waals surface area contributed by atoms with Crippen LogP contribution < -0.4 is 0 Å². The van der Waals surface area contributed by atoms with Gasteiger partial charge in [-0.15, -0.1) is 5.10 Å². The molecule has 0 atom stereocenters. The average molecular weight is 173 g/mol. The van der Waals surface area contributed by atoms with Crippen LogP contribution in [-0.2, 0) is 0 Å². The number of H-pyrrole nitrogens is 1. The van der Waals surface area contributed by atoms with Crippen LogP contribution in [0.2, 0.25) is 0 Å². The number of aromatic nitrogens is 4. The summed E-state index contributed by atoms with van der Waals surface area (Å²) >= 11 is 0. The third-order valence-electron chi connectivity index (χ3n) is 1.76. The molecule has 1 N–H and O–H groups in total. The van der Waals surface area contributed by atoms with Crippen molar-refractivity contribution in [2.45, 2.75) is 6.92 Å². The van der Waals surface area contributed by atoms with E-state index >= 15 is 0 Å². The molecule has 1 aromatic carbocycles. The molecule has 65 valence electrons. The molecule has 0 saturated heterocycles.